The second kappa shape index (κ2) is 8.27. The Bertz CT molecular complexity index is 1320. The smallest absolute Gasteiger partial charge is 0.267 e. The molecule has 1 N–H and O–H groups in total. The first-order valence-electron chi connectivity index (χ1n) is 9.50. The van der Waals surface area contributed by atoms with E-state index in [1.54, 1.807) is 67.7 Å². The molecule has 0 atom stereocenters. The van der Waals surface area contributed by atoms with E-state index in [1.807, 2.05) is 0 Å². The van der Waals surface area contributed by atoms with Gasteiger partial charge in [0, 0.05) is 11.9 Å². The zero-order valence-electron chi connectivity index (χ0n) is 17.2. The maximum absolute atomic E-state index is 13.0. The average molecular weight is 416 g/mol. The summed E-state index contributed by atoms with van der Waals surface area (Å²) in [5.41, 5.74) is 1.53. The number of ether oxygens (including phenoxy) is 2. The number of fused-ring (bicyclic) bond motifs is 1. The number of carbonyl (C=O) groups excluding carboxylic acids is 1. The van der Waals surface area contributed by atoms with Crippen molar-refractivity contribution in [1.82, 2.24) is 14.5 Å². The minimum atomic E-state index is -0.392. The van der Waals surface area contributed by atoms with E-state index in [1.165, 1.54) is 18.8 Å². The summed E-state index contributed by atoms with van der Waals surface area (Å²) in [5, 5.41) is 3.26. The molecule has 0 aliphatic rings. The van der Waals surface area contributed by atoms with Crippen LogP contribution in [-0.2, 0) is 0 Å². The Labute approximate surface area is 178 Å². The first-order valence-corrected chi connectivity index (χ1v) is 9.50. The number of carbonyl (C=O) groups is 1. The molecule has 2 heterocycles. The third-order valence-electron chi connectivity index (χ3n) is 4.83. The largest absolute Gasteiger partial charge is 0.496 e. The predicted molar refractivity (Wildman–Crippen MR) is 117 cm³/mol. The summed E-state index contributed by atoms with van der Waals surface area (Å²) >= 11 is 0. The number of methoxy groups -OCH3 is 2. The maximum atomic E-state index is 13.0. The molecule has 2 aromatic carbocycles. The van der Waals surface area contributed by atoms with Crippen molar-refractivity contribution in [1.29, 1.82) is 0 Å². The van der Waals surface area contributed by atoms with E-state index in [0.29, 0.717) is 39.7 Å². The van der Waals surface area contributed by atoms with Gasteiger partial charge in [-0.15, -0.1) is 0 Å². The zero-order valence-corrected chi connectivity index (χ0v) is 17.2. The van der Waals surface area contributed by atoms with E-state index in [0.717, 1.165) is 0 Å². The third kappa shape index (κ3) is 3.71. The first-order chi connectivity index (χ1) is 15.0. The Morgan fingerprint density at radius 1 is 1.00 bits per heavy atom. The van der Waals surface area contributed by atoms with Gasteiger partial charge < -0.3 is 14.8 Å². The van der Waals surface area contributed by atoms with Crippen molar-refractivity contribution in [2.45, 2.75) is 6.92 Å². The second-order valence-electron chi connectivity index (χ2n) is 6.72. The summed E-state index contributed by atoms with van der Waals surface area (Å²) in [4.78, 5) is 34.6. The van der Waals surface area contributed by atoms with Crippen LogP contribution in [-0.4, -0.2) is 34.7 Å². The van der Waals surface area contributed by atoms with Gasteiger partial charge in [-0.1, -0.05) is 12.1 Å². The minimum absolute atomic E-state index is 0.231. The molecule has 2 aromatic heterocycles. The van der Waals surface area contributed by atoms with Crippen molar-refractivity contribution >= 4 is 22.6 Å². The van der Waals surface area contributed by atoms with Crippen molar-refractivity contribution < 1.29 is 14.3 Å². The SMILES string of the molecule is COc1cccc(OC)c1C(=O)Nc1cccc(-n2c(C)nc3ncccc3c2=O)c1. The lowest BCUT2D eigenvalue weighted by Crippen LogP contribution is -2.23. The molecule has 31 heavy (non-hydrogen) atoms. The zero-order chi connectivity index (χ0) is 22.0. The van der Waals surface area contributed by atoms with Crippen LogP contribution in [0.5, 0.6) is 11.5 Å². The molecule has 0 fully saturated rings. The fourth-order valence-corrected chi connectivity index (χ4v) is 3.42. The molecule has 0 bridgehead atoms. The van der Waals surface area contributed by atoms with Crippen LogP contribution >= 0.6 is 0 Å². The number of hydrogen-bond donors (Lipinski definition) is 1. The van der Waals surface area contributed by atoms with Gasteiger partial charge in [0.05, 0.1) is 25.3 Å². The van der Waals surface area contributed by atoms with Crippen molar-refractivity contribution in [2.75, 3.05) is 19.5 Å². The molecule has 4 aromatic rings. The van der Waals surface area contributed by atoms with E-state index in [4.69, 9.17) is 9.47 Å². The van der Waals surface area contributed by atoms with Crippen molar-refractivity contribution in [3.8, 4) is 17.2 Å². The van der Waals surface area contributed by atoms with Crippen molar-refractivity contribution in [3.63, 3.8) is 0 Å². The summed E-state index contributed by atoms with van der Waals surface area (Å²) in [6.45, 7) is 1.74. The average Bonchev–Trinajstić information content (AvgIpc) is 2.78. The maximum Gasteiger partial charge on any atom is 0.267 e. The van der Waals surface area contributed by atoms with Gasteiger partial charge in [0.1, 0.15) is 22.9 Å². The van der Waals surface area contributed by atoms with Crippen LogP contribution in [0.2, 0.25) is 0 Å². The molecule has 156 valence electrons. The lowest BCUT2D eigenvalue weighted by atomic mass is 10.1. The van der Waals surface area contributed by atoms with Gasteiger partial charge in [-0.05, 0) is 49.4 Å². The minimum Gasteiger partial charge on any atom is -0.496 e. The quantitative estimate of drug-likeness (QED) is 0.536. The Balaban J connectivity index is 1.74. The Kier molecular flexibility index (Phi) is 5.36. The fraction of sp³-hybridized carbons (Fsp3) is 0.130. The molecule has 1 amide bonds. The van der Waals surface area contributed by atoms with Crippen LogP contribution in [0, 0.1) is 6.92 Å². The topological polar surface area (TPSA) is 95.3 Å². The van der Waals surface area contributed by atoms with Crippen LogP contribution in [0.3, 0.4) is 0 Å². The molecular formula is C23H20N4O4. The summed E-state index contributed by atoms with van der Waals surface area (Å²) in [5.74, 6) is 0.889. The highest BCUT2D eigenvalue weighted by molar-refractivity contribution is 6.08. The van der Waals surface area contributed by atoms with Gasteiger partial charge in [0.25, 0.3) is 11.5 Å². The number of nitrogens with one attached hydrogen (secondary N) is 1. The molecule has 0 radical (unpaired) electrons. The molecule has 0 spiro atoms. The number of aryl methyl sites for hydroxylation is 1. The van der Waals surface area contributed by atoms with Gasteiger partial charge in [0.2, 0.25) is 0 Å². The fourth-order valence-electron chi connectivity index (χ4n) is 3.42. The van der Waals surface area contributed by atoms with E-state index >= 15 is 0 Å². The number of benzene rings is 2. The lowest BCUT2D eigenvalue weighted by molar-refractivity contribution is 0.102. The van der Waals surface area contributed by atoms with Gasteiger partial charge in [-0.25, -0.2) is 9.97 Å². The number of hydrogen-bond acceptors (Lipinski definition) is 6. The summed E-state index contributed by atoms with van der Waals surface area (Å²) in [6.07, 6.45) is 1.60. The molecule has 0 unspecified atom stereocenters. The van der Waals surface area contributed by atoms with Crippen LogP contribution in [0.4, 0.5) is 5.69 Å². The standard InChI is InChI=1S/C23H20N4O4/c1-14-25-21-17(9-6-12-24-21)23(29)27(14)16-8-4-7-15(13-16)26-22(28)20-18(30-2)10-5-11-19(20)31-3/h4-13H,1-3H3,(H,26,28). The Morgan fingerprint density at radius 2 is 1.71 bits per heavy atom. The van der Waals surface area contributed by atoms with Gasteiger partial charge in [0.15, 0.2) is 5.65 Å². The van der Waals surface area contributed by atoms with Gasteiger partial charge >= 0.3 is 0 Å². The number of nitrogens with zero attached hydrogens (tertiary/aromatic N) is 3. The highest BCUT2D eigenvalue weighted by Crippen LogP contribution is 2.29. The molecule has 0 aliphatic carbocycles. The van der Waals surface area contributed by atoms with Crippen LogP contribution < -0.4 is 20.3 Å². The highest BCUT2D eigenvalue weighted by Gasteiger charge is 2.19. The summed E-state index contributed by atoms with van der Waals surface area (Å²) in [6, 6.07) is 15.5. The monoisotopic (exact) mass is 416 g/mol. The second-order valence-corrected chi connectivity index (χ2v) is 6.72. The molecule has 4 rings (SSSR count). The third-order valence-corrected chi connectivity index (χ3v) is 4.83. The molecule has 0 saturated carbocycles. The van der Waals surface area contributed by atoms with Gasteiger partial charge in [-0.3, -0.25) is 14.2 Å². The summed E-state index contributed by atoms with van der Waals surface area (Å²) < 4.78 is 12.1. The summed E-state index contributed by atoms with van der Waals surface area (Å²) in [7, 11) is 2.98. The normalized spacial score (nSPS) is 10.7. The molecule has 8 heteroatoms. The Morgan fingerprint density at radius 3 is 2.42 bits per heavy atom. The number of anilines is 1. The lowest BCUT2D eigenvalue weighted by Gasteiger charge is -2.14. The van der Waals surface area contributed by atoms with Crippen molar-refractivity contribution in [3.05, 3.63) is 82.5 Å². The first kappa shape index (κ1) is 20.1. The van der Waals surface area contributed by atoms with Crippen LogP contribution in [0.1, 0.15) is 16.2 Å². The molecular weight excluding hydrogens is 396 g/mol. The van der Waals surface area contributed by atoms with E-state index in [9.17, 15) is 9.59 Å². The predicted octanol–water partition coefficient (Wildman–Crippen LogP) is 3.36. The van der Waals surface area contributed by atoms with E-state index in [-0.39, 0.29) is 11.1 Å². The van der Waals surface area contributed by atoms with Gasteiger partial charge in [-0.2, -0.15) is 0 Å². The molecule has 0 aliphatic heterocycles. The highest BCUT2D eigenvalue weighted by atomic mass is 16.5. The number of amides is 1. The van der Waals surface area contributed by atoms with E-state index < -0.39 is 5.91 Å². The van der Waals surface area contributed by atoms with Crippen LogP contribution in [0.25, 0.3) is 16.7 Å². The Hall–Kier alpha value is -4.20. The van der Waals surface area contributed by atoms with E-state index in [2.05, 4.69) is 15.3 Å². The molecule has 0 saturated heterocycles. The molecule has 8 nitrogen and oxygen atoms in total. The number of rotatable bonds is 5. The number of pyridine rings is 1. The number of aromatic nitrogens is 3. The van der Waals surface area contributed by atoms with Crippen LogP contribution in [0.15, 0.2) is 65.6 Å². The van der Waals surface area contributed by atoms with Crippen molar-refractivity contribution in [2.24, 2.45) is 0 Å².